The Labute approximate surface area is 230 Å². The first-order chi connectivity index (χ1) is 19.1. The molecule has 6 rings (SSSR count). The molecule has 3 N–H and O–H groups in total. The minimum absolute atomic E-state index is 0.00785. The predicted molar refractivity (Wildman–Crippen MR) is 145 cm³/mol. The Morgan fingerprint density at radius 2 is 1.88 bits per heavy atom. The van der Waals surface area contributed by atoms with E-state index in [1.807, 2.05) is 24.3 Å². The molecule has 2 aliphatic heterocycles. The SMILES string of the molecule is C[C@@H]1Cc2c([nH]c3ccccc23)[C@@H](c2c(F)cc(N[C@@H]3CN(CCCF)CC34CC4)cc2F)N1CC(F)(F)CO. The molecule has 3 atom stereocenters. The van der Waals surface area contributed by atoms with Crippen LogP contribution in [0.25, 0.3) is 10.9 Å². The fourth-order valence-electron chi connectivity index (χ4n) is 6.90. The third-order valence-electron chi connectivity index (χ3n) is 9.07. The van der Waals surface area contributed by atoms with E-state index >= 15 is 8.78 Å². The zero-order valence-electron chi connectivity index (χ0n) is 22.5. The molecule has 40 heavy (non-hydrogen) atoms. The summed E-state index contributed by atoms with van der Waals surface area (Å²) in [6, 6.07) is 8.39. The van der Waals surface area contributed by atoms with Gasteiger partial charge >= 0.3 is 0 Å². The van der Waals surface area contributed by atoms with Gasteiger partial charge in [0.1, 0.15) is 18.2 Å². The quantitative estimate of drug-likeness (QED) is 0.296. The molecule has 1 saturated carbocycles. The van der Waals surface area contributed by atoms with Crippen molar-refractivity contribution >= 4 is 16.6 Å². The number of likely N-dealkylation sites (tertiary alicyclic amines) is 1. The maximum absolute atomic E-state index is 16.0. The number of halogens is 5. The summed E-state index contributed by atoms with van der Waals surface area (Å²) >= 11 is 0. The van der Waals surface area contributed by atoms with E-state index in [1.165, 1.54) is 17.0 Å². The van der Waals surface area contributed by atoms with E-state index < -0.39 is 42.8 Å². The lowest BCUT2D eigenvalue weighted by Gasteiger charge is -2.42. The summed E-state index contributed by atoms with van der Waals surface area (Å²) in [5.74, 6) is -5.08. The van der Waals surface area contributed by atoms with Crippen LogP contribution < -0.4 is 5.32 Å². The van der Waals surface area contributed by atoms with E-state index in [0.29, 0.717) is 37.3 Å². The molecule has 0 amide bonds. The molecule has 3 heterocycles. The number of anilines is 1. The summed E-state index contributed by atoms with van der Waals surface area (Å²) in [5.41, 5.74) is 2.15. The number of aliphatic hydroxyl groups excluding tert-OH is 1. The van der Waals surface area contributed by atoms with Gasteiger partial charge in [-0.05, 0) is 56.4 Å². The van der Waals surface area contributed by atoms with Gasteiger partial charge < -0.3 is 20.3 Å². The average Bonchev–Trinajstić information content (AvgIpc) is 3.49. The molecule has 216 valence electrons. The van der Waals surface area contributed by atoms with Crippen LogP contribution in [0.5, 0.6) is 0 Å². The van der Waals surface area contributed by atoms with E-state index in [1.54, 1.807) is 6.92 Å². The van der Waals surface area contributed by atoms with Crippen molar-refractivity contribution in [1.82, 2.24) is 14.8 Å². The number of fused-ring (bicyclic) bond motifs is 3. The van der Waals surface area contributed by atoms with Crippen LogP contribution in [0.4, 0.5) is 27.6 Å². The van der Waals surface area contributed by atoms with E-state index in [0.717, 1.165) is 35.9 Å². The first-order valence-corrected chi connectivity index (χ1v) is 14.0. The predicted octanol–water partition coefficient (Wildman–Crippen LogP) is 5.65. The summed E-state index contributed by atoms with van der Waals surface area (Å²) in [6.45, 7) is 1.35. The fraction of sp³-hybridized carbons (Fsp3) is 0.533. The average molecular weight is 563 g/mol. The van der Waals surface area contributed by atoms with Crippen LogP contribution in [0.2, 0.25) is 0 Å². The number of benzene rings is 2. The van der Waals surface area contributed by atoms with Gasteiger partial charge in [0.15, 0.2) is 0 Å². The van der Waals surface area contributed by atoms with Crippen LogP contribution in [-0.2, 0) is 6.42 Å². The number of nitrogens with zero attached hydrogens (tertiary/aromatic N) is 2. The number of alkyl halides is 3. The van der Waals surface area contributed by atoms with Crippen molar-refractivity contribution < 1.29 is 27.1 Å². The molecule has 3 aliphatic rings. The number of H-pyrrole nitrogens is 1. The number of nitrogens with one attached hydrogen (secondary N) is 2. The van der Waals surface area contributed by atoms with Crippen LogP contribution in [0.1, 0.15) is 49.0 Å². The van der Waals surface area contributed by atoms with Crippen molar-refractivity contribution in [3.05, 3.63) is 64.9 Å². The van der Waals surface area contributed by atoms with Crippen LogP contribution in [-0.4, -0.2) is 77.4 Å². The third kappa shape index (κ3) is 4.88. The lowest BCUT2D eigenvalue weighted by molar-refractivity contribution is -0.0869. The number of aromatic nitrogens is 1. The van der Waals surface area contributed by atoms with E-state index in [9.17, 15) is 18.3 Å². The Hall–Kier alpha value is -2.69. The molecular weight excluding hydrogens is 527 g/mol. The molecule has 1 saturated heterocycles. The molecule has 1 spiro atoms. The summed E-state index contributed by atoms with van der Waals surface area (Å²) in [7, 11) is 0. The third-order valence-corrected chi connectivity index (χ3v) is 9.07. The van der Waals surface area contributed by atoms with Gasteiger partial charge in [0.05, 0.1) is 19.3 Å². The van der Waals surface area contributed by atoms with Crippen LogP contribution >= 0.6 is 0 Å². The van der Waals surface area contributed by atoms with E-state index in [4.69, 9.17) is 0 Å². The minimum Gasteiger partial charge on any atom is -0.390 e. The molecule has 2 fully saturated rings. The zero-order chi connectivity index (χ0) is 28.2. The number of hydrogen-bond acceptors (Lipinski definition) is 4. The normalized spacial score (nSPS) is 24.6. The molecule has 0 unspecified atom stereocenters. The Bertz CT molecular complexity index is 1370. The molecule has 3 aromatic rings. The Kier molecular flexibility index (Phi) is 7.07. The molecule has 1 aromatic heterocycles. The smallest absolute Gasteiger partial charge is 0.283 e. The van der Waals surface area contributed by atoms with Crippen molar-refractivity contribution in [3.8, 4) is 0 Å². The monoisotopic (exact) mass is 562 g/mol. The summed E-state index contributed by atoms with van der Waals surface area (Å²) in [5, 5.41) is 13.5. The molecule has 1 aliphatic carbocycles. The van der Waals surface area contributed by atoms with Crippen molar-refractivity contribution in [2.24, 2.45) is 5.41 Å². The highest BCUT2D eigenvalue weighted by Gasteiger charge is 2.55. The van der Waals surface area contributed by atoms with Gasteiger partial charge in [-0.25, -0.2) is 17.6 Å². The van der Waals surface area contributed by atoms with Crippen LogP contribution in [0.3, 0.4) is 0 Å². The van der Waals surface area contributed by atoms with Crippen molar-refractivity contribution in [2.75, 3.05) is 44.8 Å². The summed E-state index contributed by atoms with van der Waals surface area (Å²) in [6.07, 6.45) is 2.90. The molecular formula is C30H35F5N4O. The highest BCUT2D eigenvalue weighted by Crippen LogP contribution is 2.54. The Morgan fingerprint density at radius 3 is 2.55 bits per heavy atom. The Morgan fingerprint density at radius 1 is 1.15 bits per heavy atom. The fourth-order valence-corrected chi connectivity index (χ4v) is 6.90. The van der Waals surface area contributed by atoms with Gasteiger partial charge in [-0.2, -0.15) is 0 Å². The molecule has 10 heteroatoms. The van der Waals surface area contributed by atoms with Gasteiger partial charge in [-0.15, -0.1) is 0 Å². The summed E-state index contributed by atoms with van der Waals surface area (Å²) < 4.78 is 73.7. The van der Waals surface area contributed by atoms with E-state index in [2.05, 4.69) is 15.2 Å². The number of hydrogen-bond donors (Lipinski definition) is 3. The molecule has 0 bridgehead atoms. The maximum atomic E-state index is 16.0. The minimum atomic E-state index is -3.44. The second-order valence-corrected chi connectivity index (χ2v) is 11.9. The lowest BCUT2D eigenvalue weighted by atomic mass is 9.87. The van der Waals surface area contributed by atoms with Crippen LogP contribution in [0.15, 0.2) is 36.4 Å². The second-order valence-electron chi connectivity index (χ2n) is 11.9. The van der Waals surface area contributed by atoms with Gasteiger partial charge in [-0.1, -0.05) is 18.2 Å². The molecule has 0 radical (unpaired) electrons. The molecule has 2 aromatic carbocycles. The standard InChI is InChI=1S/C30H35F5N4O/c1-18-11-21-20-5-2-3-6-24(20)37-27(21)28(39(18)16-30(34,35)17-40)26-22(32)12-19(13-23(26)33)36-25-14-38(10-4-9-31)15-29(25)7-8-29/h2-3,5-6,12-13,18,25,28,36-37,40H,4,7-11,14-17H2,1H3/t18-,25-,28-/m1/s1. The second kappa shape index (κ2) is 10.3. The Balaban J connectivity index is 1.36. The summed E-state index contributed by atoms with van der Waals surface area (Å²) in [4.78, 5) is 6.85. The number of aromatic amines is 1. The number of aliphatic hydroxyl groups is 1. The maximum Gasteiger partial charge on any atom is 0.283 e. The van der Waals surface area contributed by atoms with Gasteiger partial charge in [0, 0.05) is 65.0 Å². The van der Waals surface area contributed by atoms with Crippen molar-refractivity contribution in [2.45, 2.75) is 56.7 Å². The number of para-hydroxylation sites is 1. The largest absolute Gasteiger partial charge is 0.390 e. The first-order valence-electron chi connectivity index (χ1n) is 14.0. The van der Waals surface area contributed by atoms with Gasteiger partial charge in [0.2, 0.25) is 0 Å². The zero-order valence-corrected chi connectivity index (χ0v) is 22.5. The topological polar surface area (TPSA) is 54.5 Å². The van der Waals surface area contributed by atoms with Crippen molar-refractivity contribution in [3.63, 3.8) is 0 Å². The van der Waals surface area contributed by atoms with Crippen molar-refractivity contribution in [1.29, 1.82) is 0 Å². The first kappa shape index (κ1) is 27.5. The lowest BCUT2D eigenvalue weighted by Crippen LogP contribution is -2.49. The molecule has 5 nitrogen and oxygen atoms in total. The highest BCUT2D eigenvalue weighted by molar-refractivity contribution is 5.85. The van der Waals surface area contributed by atoms with Crippen LogP contribution in [0, 0.1) is 17.0 Å². The van der Waals surface area contributed by atoms with Gasteiger partial charge in [0.25, 0.3) is 5.92 Å². The van der Waals surface area contributed by atoms with E-state index in [-0.39, 0.29) is 23.7 Å². The highest BCUT2D eigenvalue weighted by atomic mass is 19.3. The number of rotatable bonds is 9. The van der Waals surface area contributed by atoms with Gasteiger partial charge in [-0.3, -0.25) is 9.29 Å².